The Labute approximate surface area is 172 Å². The molecule has 5 rings (SSSR count). The van der Waals surface area contributed by atoms with Crippen LogP contribution >= 0.6 is 0 Å². The van der Waals surface area contributed by atoms with Gasteiger partial charge in [0.1, 0.15) is 5.82 Å². The van der Waals surface area contributed by atoms with E-state index < -0.39 is 0 Å². The minimum absolute atomic E-state index is 0.132. The third-order valence-electron chi connectivity index (χ3n) is 5.42. The molecule has 30 heavy (non-hydrogen) atoms. The van der Waals surface area contributed by atoms with Gasteiger partial charge in [-0.3, -0.25) is 15.5 Å². The van der Waals surface area contributed by atoms with Gasteiger partial charge in [-0.05, 0) is 28.3 Å². The van der Waals surface area contributed by atoms with E-state index in [1.165, 1.54) is 0 Å². The van der Waals surface area contributed by atoms with E-state index in [0.29, 0.717) is 0 Å². The van der Waals surface area contributed by atoms with Crippen molar-refractivity contribution < 1.29 is 15.3 Å². The van der Waals surface area contributed by atoms with E-state index in [-0.39, 0.29) is 30.7 Å². The molecule has 4 aromatic rings. The van der Waals surface area contributed by atoms with Crippen molar-refractivity contribution in [3.8, 4) is 22.5 Å². The minimum atomic E-state index is -0.269. The van der Waals surface area contributed by atoms with Crippen LogP contribution in [0.25, 0.3) is 33.5 Å². The third kappa shape index (κ3) is 3.05. The summed E-state index contributed by atoms with van der Waals surface area (Å²) in [6.07, 6.45) is 3.75. The molecule has 1 unspecified atom stereocenters. The molecule has 2 aromatic heterocycles. The van der Waals surface area contributed by atoms with Crippen LogP contribution in [0.1, 0.15) is 30.0 Å². The summed E-state index contributed by atoms with van der Waals surface area (Å²) in [4.78, 5) is 35.9. The average Bonchev–Trinajstić information content (AvgIpc) is 3.32. The number of aromatic amines is 1. The van der Waals surface area contributed by atoms with Crippen molar-refractivity contribution >= 4 is 22.8 Å². The van der Waals surface area contributed by atoms with E-state index in [9.17, 15) is 9.59 Å². The normalized spacial score (nSPS) is 14.4. The zero-order valence-electron chi connectivity index (χ0n) is 16.2. The molecule has 5 N–H and O–H groups in total. The Balaban J connectivity index is 1.60. The van der Waals surface area contributed by atoms with Crippen molar-refractivity contribution in [3.63, 3.8) is 0 Å². The zero-order valence-corrected chi connectivity index (χ0v) is 16.2. The van der Waals surface area contributed by atoms with Gasteiger partial charge in [0.2, 0.25) is 5.91 Å². The lowest BCUT2D eigenvalue weighted by atomic mass is 9.99. The molecule has 2 aromatic carbocycles. The summed E-state index contributed by atoms with van der Waals surface area (Å²) in [5.74, 6) is 0.359. The lowest BCUT2D eigenvalue weighted by Crippen LogP contribution is -2.56. The van der Waals surface area contributed by atoms with Crippen molar-refractivity contribution in [1.29, 1.82) is 0 Å². The monoisotopic (exact) mass is 398 g/mol. The topological polar surface area (TPSA) is 115 Å². The van der Waals surface area contributed by atoms with E-state index in [2.05, 4.69) is 27.1 Å². The molecule has 1 aliphatic rings. The minimum Gasteiger partial charge on any atom is -0.345 e. The summed E-state index contributed by atoms with van der Waals surface area (Å²) >= 11 is 0. The summed E-state index contributed by atoms with van der Waals surface area (Å²) in [6, 6.07) is 15.7. The van der Waals surface area contributed by atoms with Crippen LogP contribution in [0.4, 0.5) is 0 Å². The third-order valence-corrected chi connectivity index (χ3v) is 5.42. The summed E-state index contributed by atoms with van der Waals surface area (Å²) in [5, 5.41) is 3.09. The molecule has 0 aliphatic heterocycles. The number of aromatic nitrogens is 3. The van der Waals surface area contributed by atoms with Crippen LogP contribution in [0, 0.1) is 0 Å². The lowest BCUT2D eigenvalue weighted by Gasteiger charge is -2.16. The van der Waals surface area contributed by atoms with Crippen LogP contribution in [0.2, 0.25) is 0 Å². The van der Waals surface area contributed by atoms with Gasteiger partial charge >= 0.3 is 5.91 Å². The number of pyridine rings is 1. The summed E-state index contributed by atoms with van der Waals surface area (Å²) < 4.78 is 0. The molecule has 0 saturated heterocycles. The number of carbonyl (C=O) groups is 2. The van der Waals surface area contributed by atoms with Crippen molar-refractivity contribution in [1.82, 2.24) is 20.3 Å². The second-order valence-electron chi connectivity index (χ2n) is 7.37. The van der Waals surface area contributed by atoms with E-state index in [1.54, 1.807) is 12.4 Å². The molecule has 2 amide bonds. The van der Waals surface area contributed by atoms with Gasteiger partial charge in [0.15, 0.2) is 0 Å². The van der Waals surface area contributed by atoms with Crippen LogP contribution in [-0.2, 0) is 9.59 Å². The number of quaternary nitrogens is 1. The first-order valence-corrected chi connectivity index (χ1v) is 9.78. The second kappa shape index (κ2) is 7.20. The van der Waals surface area contributed by atoms with Gasteiger partial charge in [0, 0.05) is 18.2 Å². The zero-order chi connectivity index (χ0) is 20.7. The number of fused-ring (bicyclic) bond motifs is 4. The van der Waals surface area contributed by atoms with Crippen LogP contribution in [0.15, 0.2) is 60.9 Å². The van der Waals surface area contributed by atoms with Crippen LogP contribution < -0.4 is 11.1 Å². The number of imidazole rings is 1. The standard InChI is InChI=1S/C23H19N5O2/c24-19(29)8-9-20(30)28-22-14-5-2-1-4-13(14)21-15(22)6-3-7-16(21)23-26-17-10-11-25-12-18(17)27-23/h1-7,10-12,22H,8-9H2,(H2,24,29)(H,26,27)(H,28,30)/p+1. The Morgan fingerprint density at radius 3 is 2.63 bits per heavy atom. The maximum atomic E-state index is 12.5. The Morgan fingerprint density at radius 2 is 1.80 bits per heavy atom. The van der Waals surface area contributed by atoms with Gasteiger partial charge < -0.3 is 10.3 Å². The fourth-order valence-electron chi connectivity index (χ4n) is 4.08. The number of hydrogen-bond donors (Lipinski definition) is 3. The molecule has 0 radical (unpaired) electrons. The number of nitrogens with zero attached hydrogens (tertiary/aromatic N) is 2. The molecular formula is C23H20N5O2+. The molecule has 148 valence electrons. The molecule has 2 heterocycles. The summed E-state index contributed by atoms with van der Waals surface area (Å²) in [7, 11) is 0. The Hall–Kier alpha value is -3.84. The fourth-order valence-corrected chi connectivity index (χ4v) is 4.08. The number of benzene rings is 2. The Morgan fingerprint density at radius 1 is 1.00 bits per heavy atom. The van der Waals surface area contributed by atoms with E-state index >= 15 is 0 Å². The highest BCUT2D eigenvalue weighted by Gasteiger charge is 2.32. The molecule has 0 saturated carbocycles. The lowest BCUT2D eigenvalue weighted by molar-refractivity contribution is -0.305. The highest BCUT2D eigenvalue weighted by Crippen LogP contribution is 2.47. The van der Waals surface area contributed by atoms with Crippen molar-refractivity contribution in [2.75, 3.05) is 0 Å². The molecular weight excluding hydrogens is 378 g/mol. The summed E-state index contributed by atoms with van der Waals surface area (Å²) in [5.41, 5.74) is 10.2. The molecule has 1 atom stereocenters. The van der Waals surface area contributed by atoms with Crippen molar-refractivity contribution in [2.24, 2.45) is 0 Å². The number of nitrogens with one attached hydrogen (secondary N) is 2. The van der Waals surface area contributed by atoms with Crippen LogP contribution in [0.5, 0.6) is 0 Å². The Bertz CT molecular complexity index is 1260. The smallest absolute Gasteiger partial charge is 0.309 e. The highest BCUT2D eigenvalue weighted by atomic mass is 16.2. The SMILES string of the molecule is [NH3+]C(=O)CCC(=O)NC1c2ccccc2-c2c(-c3nc4ccncc4[nH]3)cccc21. The Kier molecular flexibility index (Phi) is 4.37. The highest BCUT2D eigenvalue weighted by molar-refractivity contribution is 5.93. The quantitative estimate of drug-likeness (QED) is 0.479. The molecule has 0 bridgehead atoms. The number of H-pyrrole nitrogens is 1. The van der Waals surface area contributed by atoms with Gasteiger partial charge in [-0.2, -0.15) is 0 Å². The van der Waals surface area contributed by atoms with E-state index in [4.69, 9.17) is 4.98 Å². The number of rotatable bonds is 5. The molecule has 7 heteroatoms. The van der Waals surface area contributed by atoms with Gasteiger partial charge in [0.25, 0.3) is 0 Å². The van der Waals surface area contributed by atoms with Crippen molar-refractivity contribution in [3.05, 3.63) is 72.1 Å². The van der Waals surface area contributed by atoms with Gasteiger partial charge in [-0.1, -0.05) is 42.5 Å². The average molecular weight is 398 g/mol. The first kappa shape index (κ1) is 18.2. The summed E-state index contributed by atoms with van der Waals surface area (Å²) in [6.45, 7) is 0. The van der Waals surface area contributed by atoms with Gasteiger partial charge in [-0.15, -0.1) is 0 Å². The van der Waals surface area contributed by atoms with Crippen LogP contribution in [0.3, 0.4) is 0 Å². The van der Waals surface area contributed by atoms with Crippen molar-refractivity contribution in [2.45, 2.75) is 18.9 Å². The maximum absolute atomic E-state index is 12.5. The number of amides is 2. The van der Waals surface area contributed by atoms with Gasteiger partial charge in [0.05, 0.1) is 29.7 Å². The van der Waals surface area contributed by atoms with Crippen LogP contribution in [-0.4, -0.2) is 26.8 Å². The largest absolute Gasteiger partial charge is 0.345 e. The second-order valence-corrected chi connectivity index (χ2v) is 7.37. The predicted octanol–water partition coefficient (Wildman–Crippen LogP) is 2.36. The first-order valence-electron chi connectivity index (χ1n) is 9.78. The first-order chi connectivity index (χ1) is 14.6. The number of hydrogen-bond acceptors (Lipinski definition) is 4. The van der Waals surface area contributed by atoms with E-state index in [0.717, 1.165) is 44.7 Å². The maximum Gasteiger partial charge on any atom is 0.309 e. The molecule has 0 fully saturated rings. The van der Waals surface area contributed by atoms with Gasteiger partial charge in [-0.25, -0.2) is 9.78 Å². The fraction of sp³-hybridized carbons (Fsp3) is 0.130. The number of carbonyl (C=O) groups excluding carboxylic acids is 2. The molecule has 1 aliphatic carbocycles. The molecule has 0 spiro atoms. The van der Waals surface area contributed by atoms with E-state index in [1.807, 2.05) is 42.5 Å². The predicted molar refractivity (Wildman–Crippen MR) is 112 cm³/mol. The molecule has 7 nitrogen and oxygen atoms in total.